The molecule has 0 bridgehead atoms. The highest BCUT2D eigenvalue weighted by atomic mass is 16.1. The number of H-pyrrole nitrogens is 1. The van der Waals surface area contributed by atoms with Crippen LogP contribution < -0.4 is 5.56 Å². The second-order valence-electron chi connectivity index (χ2n) is 5.26. The first-order chi connectivity index (χ1) is 10.3. The maximum atomic E-state index is 12.4. The van der Waals surface area contributed by atoms with Gasteiger partial charge in [-0.2, -0.15) is 0 Å². The van der Waals surface area contributed by atoms with Crippen molar-refractivity contribution in [2.45, 2.75) is 52.4 Å². The van der Waals surface area contributed by atoms with E-state index in [2.05, 4.69) is 28.8 Å². The van der Waals surface area contributed by atoms with Crippen molar-refractivity contribution in [3.05, 3.63) is 46.0 Å². The highest BCUT2D eigenvalue weighted by Gasteiger charge is 2.12. The third-order valence-electron chi connectivity index (χ3n) is 3.53. The van der Waals surface area contributed by atoms with Crippen LogP contribution in [0.4, 0.5) is 0 Å². The summed E-state index contributed by atoms with van der Waals surface area (Å²) in [4.78, 5) is 24.2. The molecule has 2 aromatic heterocycles. The van der Waals surface area contributed by atoms with Gasteiger partial charge in [0.1, 0.15) is 5.69 Å². The second kappa shape index (κ2) is 7.72. The van der Waals surface area contributed by atoms with Crippen LogP contribution in [0.1, 0.15) is 50.8 Å². The molecule has 1 N–H and O–H groups in total. The van der Waals surface area contributed by atoms with Crippen molar-refractivity contribution < 1.29 is 0 Å². The zero-order chi connectivity index (χ0) is 15.1. The lowest BCUT2D eigenvalue weighted by molar-refractivity contribution is 0.700. The zero-order valence-corrected chi connectivity index (χ0v) is 12.9. The summed E-state index contributed by atoms with van der Waals surface area (Å²) in [6.45, 7) is 4.28. The summed E-state index contributed by atoms with van der Waals surface area (Å²) >= 11 is 0. The van der Waals surface area contributed by atoms with Gasteiger partial charge in [-0.3, -0.25) is 9.78 Å². The predicted molar refractivity (Wildman–Crippen MR) is 85.3 cm³/mol. The molecule has 4 nitrogen and oxygen atoms in total. The van der Waals surface area contributed by atoms with E-state index in [1.807, 2.05) is 18.2 Å². The van der Waals surface area contributed by atoms with E-state index in [0.29, 0.717) is 11.5 Å². The van der Waals surface area contributed by atoms with Crippen LogP contribution in [0.3, 0.4) is 0 Å². The van der Waals surface area contributed by atoms with Gasteiger partial charge in [-0.1, -0.05) is 39.2 Å². The molecule has 0 saturated carbocycles. The number of aromatic nitrogens is 3. The summed E-state index contributed by atoms with van der Waals surface area (Å²) < 4.78 is 0. The first-order valence-electron chi connectivity index (χ1n) is 7.79. The van der Waals surface area contributed by atoms with E-state index >= 15 is 0 Å². The first-order valence-corrected chi connectivity index (χ1v) is 7.79. The van der Waals surface area contributed by atoms with Crippen LogP contribution in [0.2, 0.25) is 0 Å². The van der Waals surface area contributed by atoms with Crippen molar-refractivity contribution in [3.8, 4) is 11.5 Å². The monoisotopic (exact) mass is 285 g/mol. The highest BCUT2D eigenvalue weighted by Crippen LogP contribution is 2.14. The Kier molecular flexibility index (Phi) is 5.67. The average molecular weight is 285 g/mol. The Morgan fingerprint density at radius 1 is 1.10 bits per heavy atom. The Bertz CT molecular complexity index is 620. The molecule has 0 unspecified atom stereocenters. The lowest BCUT2D eigenvalue weighted by atomic mass is 10.0. The Hall–Kier alpha value is -1.97. The van der Waals surface area contributed by atoms with Crippen LogP contribution >= 0.6 is 0 Å². The van der Waals surface area contributed by atoms with E-state index in [4.69, 9.17) is 0 Å². The van der Waals surface area contributed by atoms with Crippen molar-refractivity contribution in [1.82, 2.24) is 15.0 Å². The van der Waals surface area contributed by atoms with Crippen LogP contribution in [0.15, 0.2) is 29.2 Å². The van der Waals surface area contributed by atoms with Gasteiger partial charge in [-0.15, -0.1) is 0 Å². The third kappa shape index (κ3) is 4.00. The summed E-state index contributed by atoms with van der Waals surface area (Å²) in [5, 5.41) is 0. The largest absolute Gasteiger partial charge is 0.305 e. The van der Waals surface area contributed by atoms with E-state index in [-0.39, 0.29) is 5.56 Å². The molecule has 2 aromatic rings. The molecule has 21 heavy (non-hydrogen) atoms. The van der Waals surface area contributed by atoms with Crippen LogP contribution in [0, 0.1) is 0 Å². The fraction of sp³-hybridized carbons (Fsp3) is 0.471. The zero-order valence-electron chi connectivity index (χ0n) is 12.9. The van der Waals surface area contributed by atoms with Gasteiger partial charge < -0.3 is 4.98 Å². The van der Waals surface area contributed by atoms with Gasteiger partial charge in [0.25, 0.3) is 5.56 Å². The molecule has 0 aliphatic rings. The van der Waals surface area contributed by atoms with Crippen molar-refractivity contribution in [2.75, 3.05) is 0 Å². The number of rotatable bonds is 7. The number of pyridine rings is 1. The van der Waals surface area contributed by atoms with Crippen molar-refractivity contribution in [3.63, 3.8) is 0 Å². The molecule has 0 saturated heterocycles. The van der Waals surface area contributed by atoms with Gasteiger partial charge in [0.2, 0.25) is 0 Å². The predicted octanol–water partition coefficient (Wildman–Crippen LogP) is 3.52. The minimum atomic E-state index is -0.00907. The lowest BCUT2D eigenvalue weighted by Crippen LogP contribution is -2.19. The second-order valence-corrected chi connectivity index (χ2v) is 5.26. The fourth-order valence-corrected chi connectivity index (χ4v) is 2.42. The topological polar surface area (TPSA) is 58.6 Å². The number of hydrogen-bond donors (Lipinski definition) is 1. The lowest BCUT2D eigenvalue weighted by Gasteiger charge is -2.09. The molecular formula is C17H23N3O. The van der Waals surface area contributed by atoms with E-state index in [1.165, 1.54) is 0 Å². The summed E-state index contributed by atoms with van der Waals surface area (Å²) in [6.07, 6.45) is 7.69. The molecule has 4 heteroatoms. The average Bonchev–Trinajstić information content (AvgIpc) is 2.51. The molecule has 0 radical (unpaired) electrons. The molecule has 0 aliphatic heterocycles. The van der Waals surface area contributed by atoms with Crippen molar-refractivity contribution >= 4 is 0 Å². The number of hydrogen-bond acceptors (Lipinski definition) is 3. The molecule has 0 amide bonds. The number of aryl methyl sites for hydroxylation is 1. The molecule has 0 aromatic carbocycles. The smallest absolute Gasteiger partial charge is 0.254 e. The Labute approximate surface area is 125 Å². The van der Waals surface area contributed by atoms with Crippen molar-refractivity contribution in [1.29, 1.82) is 0 Å². The molecule has 2 heterocycles. The Balaban J connectivity index is 2.37. The quantitative estimate of drug-likeness (QED) is 0.792. The molecule has 0 spiro atoms. The van der Waals surface area contributed by atoms with Crippen LogP contribution in [0.5, 0.6) is 0 Å². The van der Waals surface area contributed by atoms with Crippen molar-refractivity contribution in [2.24, 2.45) is 0 Å². The van der Waals surface area contributed by atoms with E-state index < -0.39 is 0 Å². The SMILES string of the molecule is CCCCCc1c(CCC)nc(-c2ccccn2)[nH]c1=O. The van der Waals surface area contributed by atoms with Gasteiger partial charge in [0, 0.05) is 11.8 Å². The molecule has 0 aliphatic carbocycles. The Morgan fingerprint density at radius 2 is 1.95 bits per heavy atom. The van der Waals surface area contributed by atoms with Crippen LogP contribution in [-0.2, 0) is 12.8 Å². The Morgan fingerprint density at radius 3 is 2.62 bits per heavy atom. The maximum Gasteiger partial charge on any atom is 0.254 e. The fourth-order valence-electron chi connectivity index (χ4n) is 2.42. The molecule has 0 fully saturated rings. The highest BCUT2D eigenvalue weighted by molar-refractivity contribution is 5.48. The molecule has 2 rings (SSSR count). The van der Waals surface area contributed by atoms with Crippen LogP contribution in [-0.4, -0.2) is 15.0 Å². The number of aromatic amines is 1. The normalized spacial score (nSPS) is 10.8. The third-order valence-corrected chi connectivity index (χ3v) is 3.53. The van der Waals surface area contributed by atoms with Gasteiger partial charge >= 0.3 is 0 Å². The van der Waals surface area contributed by atoms with Gasteiger partial charge in [-0.05, 0) is 31.4 Å². The van der Waals surface area contributed by atoms with E-state index in [9.17, 15) is 4.79 Å². The van der Waals surface area contributed by atoms with Gasteiger partial charge in [-0.25, -0.2) is 4.98 Å². The van der Waals surface area contributed by atoms with E-state index in [1.54, 1.807) is 6.20 Å². The molecule has 0 atom stereocenters. The minimum Gasteiger partial charge on any atom is -0.305 e. The summed E-state index contributed by atoms with van der Waals surface area (Å²) in [7, 11) is 0. The van der Waals surface area contributed by atoms with E-state index in [0.717, 1.165) is 49.8 Å². The first kappa shape index (κ1) is 15.4. The maximum absolute atomic E-state index is 12.4. The van der Waals surface area contributed by atoms with Gasteiger partial charge in [0.05, 0.1) is 5.69 Å². The van der Waals surface area contributed by atoms with Crippen LogP contribution in [0.25, 0.3) is 11.5 Å². The van der Waals surface area contributed by atoms with Gasteiger partial charge in [0.15, 0.2) is 5.82 Å². The number of nitrogens with one attached hydrogen (secondary N) is 1. The molecular weight excluding hydrogens is 262 g/mol. The standard InChI is InChI=1S/C17H23N3O/c1-3-5-6-10-13-14(9-4-2)19-16(20-17(13)21)15-11-7-8-12-18-15/h7-8,11-12H,3-6,9-10H2,1-2H3,(H,19,20,21). The number of nitrogens with zero attached hydrogens (tertiary/aromatic N) is 2. The number of unbranched alkanes of at least 4 members (excludes halogenated alkanes) is 2. The minimum absolute atomic E-state index is 0.00907. The summed E-state index contributed by atoms with van der Waals surface area (Å²) in [6, 6.07) is 5.62. The molecule has 112 valence electrons. The summed E-state index contributed by atoms with van der Waals surface area (Å²) in [5.74, 6) is 0.572. The summed E-state index contributed by atoms with van der Waals surface area (Å²) in [5.41, 5.74) is 2.49.